The van der Waals surface area contributed by atoms with Gasteiger partial charge in [-0.2, -0.15) is 13.2 Å². The highest BCUT2D eigenvalue weighted by atomic mass is 19.4. The lowest BCUT2D eigenvalue weighted by Gasteiger charge is -2.46. The summed E-state index contributed by atoms with van der Waals surface area (Å²) in [5.74, 6) is 0.956. The molecule has 3 aromatic rings. The van der Waals surface area contributed by atoms with Gasteiger partial charge in [0.25, 0.3) is 5.91 Å². The number of fused-ring (bicyclic) bond motifs is 1. The highest BCUT2D eigenvalue weighted by Gasteiger charge is 2.48. The number of alkyl halides is 3. The third-order valence-corrected chi connectivity index (χ3v) is 9.27. The lowest BCUT2D eigenvalue weighted by atomic mass is 9.58. The Labute approximate surface area is 248 Å². The number of hydrogen-bond donors (Lipinski definition) is 1. The molecule has 0 radical (unpaired) electrons. The fraction of sp³-hybridized carbons (Fsp3) is 0.438. The van der Waals surface area contributed by atoms with Crippen LogP contribution in [0.4, 0.5) is 18.9 Å². The number of carbonyl (C=O) groups is 2. The van der Waals surface area contributed by atoms with Gasteiger partial charge in [-0.3, -0.25) is 9.59 Å². The first-order valence-electron chi connectivity index (χ1n) is 14.6. The van der Waals surface area contributed by atoms with Crippen molar-refractivity contribution in [1.29, 1.82) is 0 Å². The van der Waals surface area contributed by atoms with E-state index >= 15 is 0 Å². The largest absolute Gasteiger partial charge is 0.416 e. The first-order valence-corrected chi connectivity index (χ1v) is 14.6. The van der Waals surface area contributed by atoms with E-state index in [1.165, 1.54) is 11.0 Å². The molecule has 6 rings (SSSR count). The minimum atomic E-state index is -4.62. The summed E-state index contributed by atoms with van der Waals surface area (Å²) in [5, 5.41) is 11.8. The van der Waals surface area contributed by atoms with E-state index in [0.29, 0.717) is 36.8 Å². The number of carbonyl (C=O) groups excluding carboxylic acids is 2. The molecule has 0 bridgehead atoms. The molecule has 226 valence electrons. The fourth-order valence-corrected chi connectivity index (χ4v) is 6.98. The minimum absolute atomic E-state index is 0.00305. The zero-order chi connectivity index (χ0) is 30.7. The third-order valence-electron chi connectivity index (χ3n) is 9.27. The molecule has 0 spiro atoms. The topological polar surface area (TPSA) is 83.4 Å². The second-order valence-corrected chi connectivity index (χ2v) is 12.3. The molecule has 11 heteroatoms. The number of hydrogen-bond acceptors (Lipinski definition) is 5. The molecule has 0 unspecified atom stereocenters. The van der Waals surface area contributed by atoms with E-state index in [4.69, 9.17) is 0 Å². The van der Waals surface area contributed by atoms with Crippen LogP contribution in [0.25, 0.3) is 0 Å². The molecule has 43 heavy (non-hydrogen) atoms. The third kappa shape index (κ3) is 5.03. The summed E-state index contributed by atoms with van der Waals surface area (Å²) < 4.78 is 45.0. The number of aryl methyl sites for hydroxylation is 1. The zero-order valence-electron chi connectivity index (χ0n) is 24.5. The van der Waals surface area contributed by atoms with Gasteiger partial charge in [-0.15, -0.1) is 10.2 Å². The summed E-state index contributed by atoms with van der Waals surface area (Å²) in [6.45, 7) is 9.00. The Hall–Kier alpha value is -3.99. The number of aromatic nitrogens is 3. The Morgan fingerprint density at radius 3 is 2.60 bits per heavy atom. The van der Waals surface area contributed by atoms with E-state index in [9.17, 15) is 22.8 Å². The van der Waals surface area contributed by atoms with Crippen LogP contribution in [0.3, 0.4) is 0 Å². The molecule has 1 aromatic heterocycles. The maximum absolute atomic E-state index is 14.4. The first kappa shape index (κ1) is 29.1. The van der Waals surface area contributed by atoms with Crippen LogP contribution >= 0.6 is 0 Å². The van der Waals surface area contributed by atoms with Crippen molar-refractivity contribution in [2.24, 2.45) is 18.9 Å². The molecular weight excluding hydrogens is 557 g/mol. The van der Waals surface area contributed by atoms with Crippen molar-refractivity contribution in [1.82, 2.24) is 25.0 Å². The van der Waals surface area contributed by atoms with Crippen LogP contribution in [0.2, 0.25) is 0 Å². The second kappa shape index (κ2) is 10.6. The number of anilines is 1. The lowest BCUT2D eigenvalue weighted by molar-refractivity contribution is -0.138. The number of nitrogens with zero attached hydrogens (tertiary/aromatic N) is 5. The highest BCUT2D eigenvalue weighted by molar-refractivity contribution is 6.10. The fourth-order valence-electron chi connectivity index (χ4n) is 6.98. The van der Waals surface area contributed by atoms with Gasteiger partial charge in [0.05, 0.1) is 17.5 Å². The van der Waals surface area contributed by atoms with Crippen molar-refractivity contribution in [2.45, 2.75) is 50.9 Å². The number of amides is 2. The Kier molecular flexibility index (Phi) is 7.19. The molecule has 2 aliphatic heterocycles. The lowest BCUT2D eigenvalue weighted by Crippen LogP contribution is -2.52. The maximum Gasteiger partial charge on any atom is 0.416 e. The van der Waals surface area contributed by atoms with Crippen molar-refractivity contribution in [3.05, 3.63) is 89.0 Å². The van der Waals surface area contributed by atoms with Crippen LogP contribution in [0.15, 0.2) is 55.4 Å². The summed E-state index contributed by atoms with van der Waals surface area (Å²) in [6.07, 6.45) is 0.0617. The smallest absolute Gasteiger partial charge is 0.338 e. The summed E-state index contributed by atoms with van der Waals surface area (Å²) in [7, 11) is 1.90. The van der Waals surface area contributed by atoms with E-state index in [0.717, 1.165) is 30.3 Å². The Balaban J connectivity index is 1.26. The second-order valence-electron chi connectivity index (χ2n) is 12.3. The van der Waals surface area contributed by atoms with Gasteiger partial charge in [0, 0.05) is 49.9 Å². The molecule has 2 fully saturated rings. The van der Waals surface area contributed by atoms with Gasteiger partial charge in [-0.25, -0.2) is 0 Å². The van der Waals surface area contributed by atoms with Crippen LogP contribution in [0.1, 0.15) is 71.2 Å². The van der Waals surface area contributed by atoms with Crippen LogP contribution in [-0.2, 0) is 30.0 Å². The van der Waals surface area contributed by atoms with E-state index < -0.39 is 23.7 Å². The predicted molar refractivity (Wildman–Crippen MR) is 155 cm³/mol. The van der Waals surface area contributed by atoms with Crippen LogP contribution < -0.4 is 10.2 Å². The van der Waals surface area contributed by atoms with Crippen molar-refractivity contribution >= 4 is 17.5 Å². The van der Waals surface area contributed by atoms with Crippen molar-refractivity contribution in [3.63, 3.8) is 0 Å². The van der Waals surface area contributed by atoms with Gasteiger partial charge in [0.15, 0.2) is 0 Å². The number of benzene rings is 2. The summed E-state index contributed by atoms with van der Waals surface area (Å²) in [4.78, 5) is 28.6. The molecule has 1 atom stereocenters. The van der Waals surface area contributed by atoms with E-state index in [-0.39, 0.29) is 34.9 Å². The van der Waals surface area contributed by atoms with Crippen molar-refractivity contribution in [3.8, 4) is 0 Å². The molecule has 3 aliphatic rings. The zero-order valence-corrected chi connectivity index (χ0v) is 24.5. The maximum atomic E-state index is 14.4. The molecule has 3 heterocycles. The molecule has 8 nitrogen and oxygen atoms in total. The summed E-state index contributed by atoms with van der Waals surface area (Å²) >= 11 is 0. The van der Waals surface area contributed by atoms with E-state index in [1.54, 1.807) is 30.3 Å². The van der Waals surface area contributed by atoms with Crippen molar-refractivity contribution in [2.75, 3.05) is 24.5 Å². The molecular formula is C32H35F3N6O2. The number of nitrogens with one attached hydrogen (secondary N) is 1. The SMILES string of the molecule is C=CC(=O)N1CC(CN[C@H](C)c2cc3c(c(C(F)(F)F)c2)CN(c2cccc(C4(c5nncn5C)CC(C)C4)c2)C3=O)C1. The van der Waals surface area contributed by atoms with Gasteiger partial charge in [0.1, 0.15) is 12.2 Å². The average Bonchev–Trinajstić information content (AvgIpc) is 3.51. The van der Waals surface area contributed by atoms with Crippen molar-refractivity contribution < 1.29 is 22.8 Å². The normalized spacial score (nSPS) is 22.7. The number of rotatable bonds is 8. The number of halogens is 3. The van der Waals surface area contributed by atoms with Gasteiger partial charge in [0.2, 0.25) is 5.91 Å². The molecule has 1 saturated heterocycles. The van der Waals surface area contributed by atoms with Crippen LogP contribution in [0, 0.1) is 11.8 Å². The predicted octanol–water partition coefficient (Wildman–Crippen LogP) is 5.01. The van der Waals surface area contributed by atoms with Gasteiger partial charge < -0.3 is 19.7 Å². The summed E-state index contributed by atoms with van der Waals surface area (Å²) in [5.41, 5.74) is 0.866. The molecule has 2 amide bonds. The van der Waals surface area contributed by atoms with Crippen LogP contribution in [-0.4, -0.2) is 51.1 Å². The molecule has 2 aromatic carbocycles. The van der Waals surface area contributed by atoms with Gasteiger partial charge in [-0.1, -0.05) is 25.6 Å². The number of likely N-dealkylation sites (tertiary alicyclic amines) is 1. The standard InChI is InChI=1S/C32H35F3N6O2/c1-5-28(42)40-15-21(16-40)14-36-20(3)22-9-25-26(27(10-22)32(33,34)35)17-41(29(25)43)24-8-6-7-23(11-24)31(12-19(2)13-31)30-38-37-18-39(30)4/h5-11,18-21,36H,1,12-17H2,2-4H3/t19?,20-,31?/m1/s1. The average molecular weight is 593 g/mol. The summed E-state index contributed by atoms with van der Waals surface area (Å²) in [6, 6.07) is 9.88. The van der Waals surface area contributed by atoms with Gasteiger partial charge >= 0.3 is 6.18 Å². The van der Waals surface area contributed by atoms with Gasteiger partial charge in [-0.05, 0) is 72.7 Å². The Morgan fingerprint density at radius 1 is 1.23 bits per heavy atom. The molecule has 1 N–H and O–H groups in total. The van der Waals surface area contributed by atoms with Crippen LogP contribution in [0.5, 0.6) is 0 Å². The van der Waals surface area contributed by atoms with E-state index in [2.05, 4.69) is 29.0 Å². The van der Waals surface area contributed by atoms with E-state index in [1.807, 2.05) is 29.8 Å². The Bertz CT molecular complexity index is 1590. The quantitative estimate of drug-likeness (QED) is 0.372. The minimum Gasteiger partial charge on any atom is -0.338 e. The Morgan fingerprint density at radius 2 is 1.98 bits per heavy atom. The molecule has 1 aliphatic carbocycles. The monoisotopic (exact) mass is 592 g/mol. The molecule has 1 saturated carbocycles. The highest BCUT2D eigenvalue weighted by Crippen LogP contribution is 2.52. The first-order chi connectivity index (χ1) is 20.4.